The van der Waals surface area contributed by atoms with Crippen LogP contribution in [0, 0.1) is 0 Å². The standard InChI is InChI=1S/C18H15Cl2N3O3S/c19-13-6-3-5-12(11-13)17-21-18(26-22-17)15-8-4-10-23(15)27(24,25)16-9-2-1-7-14(16)20/h1-3,5-7,9,11,15H,4,8,10H2/t15-/m1/s1. The molecule has 9 heteroatoms. The summed E-state index contributed by atoms with van der Waals surface area (Å²) in [6.07, 6.45) is 1.30. The maximum Gasteiger partial charge on any atom is 0.245 e. The molecule has 27 heavy (non-hydrogen) atoms. The van der Waals surface area contributed by atoms with Crippen molar-refractivity contribution in [3.63, 3.8) is 0 Å². The fourth-order valence-electron chi connectivity index (χ4n) is 3.17. The molecule has 4 rings (SSSR count). The number of aromatic nitrogens is 2. The number of halogens is 2. The lowest BCUT2D eigenvalue weighted by Gasteiger charge is -2.21. The van der Waals surface area contributed by atoms with Crippen molar-refractivity contribution >= 4 is 33.2 Å². The highest BCUT2D eigenvalue weighted by molar-refractivity contribution is 7.89. The molecule has 2 aromatic carbocycles. The second kappa shape index (κ2) is 7.24. The smallest absolute Gasteiger partial charge is 0.245 e. The van der Waals surface area contributed by atoms with Gasteiger partial charge in [0.25, 0.3) is 0 Å². The first-order chi connectivity index (χ1) is 13.0. The molecule has 0 N–H and O–H groups in total. The van der Waals surface area contributed by atoms with Gasteiger partial charge in [0.15, 0.2) is 0 Å². The Morgan fingerprint density at radius 1 is 1.11 bits per heavy atom. The van der Waals surface area contributed by atoms with Crippen LogP contribution in [0.4, 0.5) is 0 Å². The Morgan fingerprint density at radius 3 is 2.70 bits per heavy atom. The Hall–Kier alpha value is -1.93. The summed E-state index contributed by atoms with van der Waals surface area (Å²) in [4.78, 5) is 4.48. The molecule has 0 radical (unpaired) electrons. The number of hydrogen-bond acceptors (Lipinski definition) is 5. The van der Waals surface area contributed by atoms with Crippen molar-refractivity contribution in [3.05, 3.63) is 64.5 Å². The van der Waals surface area contributed by atoms with Crippen LogP contribution in [0.2, 0.25) is 10.0 Å². The number of nitrogens with zero attached hydrogens (tertiary/aromatic N) is 3. The molecule has 1 saturated heterocycles. The third-order valence-corrected chi connectivity index (χ3v) is 7.08. The summed E-state index contributed by atoms with van der Waals surface area (Å²) in [5, 5.41) is 4.73. The van der Waals surface area contributed by atoms with Gasteiger partial charge in [-0.15, -0.1) is 0 Å². The molecular weight excluding hydrogens is 409 g/mol. The van der Waals surface area contributed by atoms with Crippen LogP contribution in [0.25, 0.3) is 11.4 Å². The second-order valence-electron chi connectivity index (χ2n) is 6.17. The van der Waals surface area contributed by atoms with Crippen LogP contribution in [-0.2, 0) is 10.0 Å². The minimum Gasteiger partial charge on any atom is -0.337 e. The van der Waals surface area contributed by atoms with Crippen molar-refractivity contribution in [1.82, 2.24) is 14.4 Å². The molecule has 1 aromatic heterocycles. The van der Waals surface area contributed by atoms with E-state index in [-0.39, 0.29) is 15.8 Å². The van der Waals surface area contributed by atoms with Gasteiger partial charge >= 0.3 is 0 Å². The Kier molecular flexibility index (Phi) is 4.94. The van der Waals surface area contributed by atoms with E-state index in [0.29, 0.717) is 35.8 Å². The van der Waals surface area contributed by atoms with Gasteiger partial charge in [0.2, 0.25) is 21.7 Å². The lowest BCUT2D eigenvalue weighted by molar-refractivity contribution is 0.290. The van der Waals surface area contributed by atoms with Crippen molar-refractivity contribution in [2.75, 3.05) is 6.54 Å². The lowest BCUT2D eigenvalue weighted by atomic mass is 10.2. The van der Waals surface area contributed by atoms with E-state index in [4.69, 9.17) is 27.7 Å². The summed E-state index contributed by atoms with van der Waals surface area (Å²) in [6, 6.07) is 13.0. The Bertz CT molecular complexity index is 1080. The molecule has 2 heterocycles. The van der Waals surface area contributed by atoms with E-state index in [9.17, 15) is 8.42 Å². The van der Waals surface area contributed by atoms with E-state index >= 15 is 0 Å². The minimum absolute atomic E-state index is 0.0770. The number of benzene rings is 2. The van der Waals surface area contributed by atoms with Gasteiger partial charge in [-0.25, -0.2) is 8.42 Å². The maximum absolute atomic E-state index is 13.1. The van der Waals surface area contributed by atoms with Gasteiger partial charge < -0.3 is 4.52 Å². The molecule has 0 aliphatic carbocycles. The van der Waals surface area contributed by atoms with Crippen LogP contribution in [0.15, 0.2) is 57.9 Å². The van der Waals surface area contributed by atoms with E-state index in [1.54, 1.807) is 36.4 Å². The van der Waals surface area contributed by atoms with Gasteiger partial charge in [-0.1, -0.05) is 52.6 Å². The zero-order chi connectivity index (χ0) is 19.0. The molecule has 6 nitrogen and oxygen atoms in total. The predicted molar refractivity (Wildman–Crippen MR) is 102 cm³/mol. The summed E-state index contributed by atoms with van der Waals surface area (Å²) in [7, 11) is -3.78. The van der Waals surface area contributed by atoms with E-state index in [0.717, 1.165) is 0 Å². The van der Waals surface area contributed by atoms with Crippen molar-refractivity contribution in [3.8, 4) is 11.4 Å². The van der Waals surface area contributed by atoms with E-state index in [1.807, 2.05) is 6.07 Å². The first-order valence-electron chi connectivity index (χ1n) is 8.33. The van der Waals surface area contributed by atoms with Crippen LogP contribution in [0.5, 0.6) is 0 Å². The Balaban J connectivity index is 1.67. The summed E-state index contributed by atoms with van der Waals surface area (Å²) in [6.45, 7) is 0.368. The zero-order valence-electron chi connectivity index (χ0n) is 14.0. The Morgan fingerprint density at radius 2 is 1.93 bits per heavy atom. The third-order valence-electron chi connectivity index (χ3n) is 4.44. The van der Waals surface area contributed by atoms with Gasteiger partial charge in [0.1, 0.15) is 10.9 Å². The Labute approximate surface area is 166 Å². The fourth-order valence-corrected chi connectivity index (χ4v) is 5.51. The summed E-state index contributed by atoms with van der Waals surface area (Å²) in [5.41, 5.74) is 0.705. The van der Waals surface area contributed by atoms with Gasteiger partial charge in [-0.3, -0.25) is 0 Å². The van der Waals surface area contributed by atoms with E-state index < -0.39 is 16.1 Å². The van der Waals surface area contributed by atoms with Gasteiger partial charge in [-0.2, -0.15) is 9.29 Å². The number of sulfonamides is 1. The van der Waals surface area contributed by atoms with E-state index in [1.165, 1.54) is 10.4 Å². The molecule has 0 unspecified atom stereocenters. The normalized spacial score (nSPS) is 18.1. The van der Waals surface area contributed by atoms with Crippen molar-refractivity contribution < 1.29 is 12.9 Å². The summed E-state index contributed by atoms with van der Waals surface area (Å²) >= 11 is 12.1. The van der Waals surface area contributed by atoms with Crippen LogP contribution < -0.4 is 0 Å². The second-order valence-corrected chi connectivity index (χ2v) is 8.87. The van der Waals surface area contributed by atoms with E-state index in [2.05, 4.69) is 10.1 Å². The largest absolute Gasteiger partial charge is 0.337 e. The van der Waals surface area contributed by atoms with Crippen molar-refractivity contribution in [2.45, 2.75) is 23.8 Å². The van der Waals surface area contributed by atoms with Crippen LogP contribution in [0.1, 0.15) is 24.8 Å². The molecule has 3 aromatic rings. The zero-order valence-corrected chi connectivity index (χ0v) is 16.4. The molecule has 0 amide bonds. The highest BCUT2D eigenvalue weighted by Crippen LogP contribution is 2.38. The average molecular weight is 424 g/mol. The molecule has 0 bridgehead atoms. The highest BCUT2D eigenvalue weighted by atomic mass is 35.5. The van der Waals surface area contributed by atoms with Gasteiger partial charge in [-0.05, 0) is 37.1 Å². The molecule has 0 saturated carbocycles. The van der Waals surface area contributed by atoms with Crippen molar-refractivity contribution in [1.29, 1.82) is 0 Å². The van der Waals surface area contributed by atoms with Crippen LogP contribution >= 0.6 is 23.2 Å². The fraction of sp³-hybridized carbons (Fsp3) is 0.222. The summed E-state index contributed by atoms with van der Waals surface area (Å²) in [5.74, 6) is 0.632. The predicted octanol–water partition coefficient (Wildman–Crippen LogP) is 4.57. The molecule has 1 aliphatic heterocycles. The van der Waals surface area contributed by atoms with Gasteiger partial charge in [0, 0.05) is 17.1 Å². The molecule has 1 aliphatic rings. The third kappa shape index (κ3) is 3.48. The molecule has 1 atom stereocenters. The first kappa shape index (κ1) is 18.4. The van der Waals surface area contributed by atoms with Gasteiger partial charge in [0.05, 0.1) is 5.02 Å². The van der Waals surface area contributed by atoms with Crippen molar-refractivity contribution in [2.24, 2.45) is 0 Å². The summed E-state index contributed by atoms with van der Waals surface area (Å²) < 4.78 is 33.0. The molecule has 1 fully saturated rings. The minimum atomic E-state index is -3.78. The molecule has 140 valence electrons. The SMILES string of the molecule is O=S(=O)(c1ccccc1Cl)N1CCC[C@@H]1c1nc(-c2cccc(Cl)c2)no1. The van der Waals surface area contributed by atoms with Crippen LogP contribution in [0.3, 0.4) is 0 Å². The number of rotatable bonds is 4. The monoisotopic (exact) mass is 423 g/mol. The topological polar surface area (TPSA) is 76.3 Å². The maximum atomic E-state index is 13.1. The average Bonchev–Trinajstić information content (AvgIpc) is 3.31. The quantitative estimate of drug-likeness (QED) is 0.613. The molecule has 0 spiro atoms. The number of hydrogen-bond donors (Lipinski definition) is 0. The van der Waals surface area contributed by atoms with Crippen LogP contribution in [-0.4, -0.2) is 29.4 Å². The first-order valence-corrected chi connectivity index (χ1v) is 10.5. The lowest BCUT2D eigenvalue weighted by Crippen LogP contribution is -2.31. The molecular formula is C18H15Cl2N3O3S. The highest BCUT2D eigenvalue weighted by Gasteiger charge is 2.40.